The van der Waals surface area contributed by atoms with Crippen molar-refractivity contribution in [3.63, 3.8) is 0 Å². The second kappa shape index (κ2) is 11.4. The summed E-state index contributed by atoms with van der Waals surface area (Å²) in [6.07, 6.45) is 0. The molecule has 10 aromatic rings. The molecule has 5 nitrogen and oxygen atoms in total. The average molecular weight is 641 g/mol. The fraction of sp³-hybridized carbons (Fsp3) is 0. The standard InChI is InChI=1S/C45H28N4O/c1-4-12-29(13-5-1)32-21-24-40-37(26-32)35-18-10-11-19-39(35)49(40)45-47-43(31-16-8-3-9-17-31)46-44(48-45)34-22-25-41-38(27-34)36-23-20-33(28-42(36)50-41)30-14-6-2-7-15-30/h1-28H. The van der Waals surface area contributed by atoms with Gasteiger partial charge in [-0.25, -0.2) is 4.98 Å². The van der Waals surface area contributed by atoms with Crippen LogP contribution in [0.3, 0.4) is 0 Å². The largest absolute Gasteiger partial charge is 0.456 e. The summed E-state index contributed by atoms with van der Waals surface area (Å²) < 4.78 is 8.52. The Balaban J connectivity index is 1.17. The minimum atomic E-state index is 0.567. The van der Waals surface area contributed by atoms with E-state index >= 15 is 0 Å². The van der Waals surface area contributed by atoms with Crippen LogP contribution in [0.25, 0.3) is 94.7 Å². The highest BCUT2D eigenvalue weighted by Crippen LogP contribution is 2.37. The van der Waals surface area contributed by atoms with E-state index in [0.29, 0.717) is 17.6 Å². The van der Waals surface area contributed by atoms with E-state index in [-0.39, 0.29) is 0 Å². The topological polar surface area (TPSA) is 56.7 Å². The van der Waals surface area contributed by atoms with E-state index in [1.54, 1.807) is 0 Å². The number of benzene rings is 7. The maximum Gasteiger partial charge on any atom is 0.238 e. The molecule has 0 saturated heterocycles. The molecule has 0 aliphatic heterocycles. The van der Waals surface area contributed by atoms with E-state index in [0.717, 1.165) is 66.0 Å². The zero-order valence-corrected chi connectivity index (χ0v) is 26.9. The fourth-order valence-electron chi connectivity index (χ4n) is 7.04. The van der Waals surface area contributed by atoms with Crippen molar-refractivity contribution in [3.05, 3.63) is 170 Å². The van der Waals surface area contributed by atoms with Crippen LogP contribution in [0.1, 0.15) is 0 Å². The molecule has 0 spiro atoms. The minimum absolute atomic E-state index is 0.567. The molecule has 0 fully saturated rings. The van der Waals surface area contributed by atoms with Crippen molar-refractivity contribution in [2.24, 2.45) is 0 Å². The van der Waals surface area contributed by atoms with E-state index in [1.165, 1.54) is 11.1 Å². The van der Waals surface area contributed by atoms with Crippen molar-refractivity contribution >= 4 is 43.7 Å². The van der Waals surface area contributed by atoms with Gasteiger partial charge in [0.05, 0.1) is 11.0 Å². The molecule has 10 rings (SSSR count). The summed E-state index contributed by atoms with van der Waals surface area (Å²) in [6.45, 7) is 0. The Bertz CT molecular complexity index is 2860. The van der Waals surface area contributed by atoms with Crippen LogP contribution in [0.4, 0.5) is 0 Å². The first-order chi connectivity index (χ1) is 24.8. The smallest absolute Gasteiger partial charge is 0.238 e. The molecule has 0 aliphatic carbocycles. The van der Waals surface area contributed by atoms with Crippen molar-refractivity contribution in [2.75, 3.05) is 0 Å². The van der Waals surface area contributed by atoms with Crippen molar-refractivity contribution in [1.29, 1.82) is 0 Å². The Morgan fingerprint density at radius 1 is 0.340 bits per heavy atom. The molecular weight excluding hydrogens is 613 g/mol. The molecule has 0 radical (unpaired) electrons. The van der Waals surface area contributed by atoms with Gasteiger partial charge in [0, 0.05) is 32.7 Å². The Kier molecular flexibility index (Phi) is 6.42. The first-order valence-electron chi connectivity index (χ1n) is 16.7. The van der Waals surface area contributed by atoms with Gasteiger partial charge < -0.3 is 4.42 Å². The summed E-state index contributed by atoms with van der Waals surface area (Å²) in [6, 6.07) is 58.6. The quantitative estimate of drug-likeness (QED) is 0.188. The Hall–Kier alpha value is -6.85. The third-order valence-electron chi connectivity index (χ3n) is 9.47. The molecule has 0 bridgehead atoms. The van der Waals surface area contributed by atoms with E-state index in [1.807, 2.05) is 54.6 Å². The maximum absolute atomic E-state index is 6.36. The van der Waals surface area contributed by atoms with Crippen LogP contribution < -0.4 is 0 Å². The van der Waals surface area contributed by atoms with Gasteiger partial charge >= 0.3 is 0 Å². The van der Waals surface area contributed by atoms with Crippen LogP contribution in [0.5, 0.6) is 0 Å². The van der Waals surface area contributed by atoms with Crippen molar-refractivity contribution in [2.45, 2.75) is 0 Å². The summed E-state index contributed by atoms with van der Waals surface area (Å²) in [7, 11) is 0. The van der Waals surface area contributed by atoms with Crippen LogP contribution in [-0.2, 0) is 0 Å². The van der Waals surface area contributed by atoms with E-state index in [4.69, 9.17) is 19.4 Å². The molecule has 0 atom stereocenters. The van der Waals surface area contributed by atoms with Gasteiger partial charge in [-0.05, 0) is 70.8 Å². The molecule has 0 saturated carbocycles. The van der Waals surface area contributed by atoms with Crippen LogP contribution in [0.15, 0.2) is 174 Å². The van der Waals surface area contributed by atoms with Crippen LogP contribution in [0, 0.1) is 0 Å². The maximum atomic E-state index is 6.36. The van der Waals surface area contributed by atoms with E-state index < -0.39 is 0 Å². The predicted octanol–water partition coefficient (Wildman–Crippen LogP) is 11.5. The zero-order valence-electron chi connectivity index (χ0n) is 26.9. The molecule has 0 N–H and O–H groups in total. The molecule has 0 aliphatic rings. The van der Waals surface area contributed by atoms with Gasteiger partial charge in [-0.3, -0.25) is 4.57 Å². The van der Waals surface area contributed by atoms with Gasteiger partial charge in [-0.15, -0.1) is 0 Å². The van der Waals surface area contributed by atoms with Gasteiger partial charge in [0.15, 0.2) is 11.6 Å². The number of fused-ring (bicyclic) bond motifs is 6. The molecule has 50 heavy (non-hydrogen) atoms. The Labute approximate surface area is 287 Å². The van der Waals surface area contributed by atoms with Gasteiger partial charge in [-0.2, -0.15) is 9.97 Å². The molecule has 3 aromatic heterocycles. The Morgan fingerprint density at radius 2 is 0.900 bits per heavy atom. The van der Waals surface area contributed by atoms with Crippen LogP contribution >= 0.6 is 0 Å². The van der Waals surface area contributed by atoms with Crippen molar-refractivity contribution < 1.29 is 4.42 Å². The van der Waals surface area contributed by atoms with Gasteiger partial charge in [0.2, 0.25) is 5.95 Å². The highest BCUT2D eigenvalue weighted by atomic mass is 16.3. The summed E-state index contributed by atoms with van der Waals surface area (Å²) in [5, 5.41) is 4.36. The first-order valence-corrected chi connectivity index (χ1v) is 16.7. The molecule has 234 valence electrons. The first kappa shape index (κ1) is 28.2. The molecule has 0 amide bonds. The molecular formula is C45H28N4O. The number of hydrogen-bond donors (Lipinski definition) is 0. The number of rotatable bonds is 5. The highest BCUT2D eigenvalue weighted by Gasteiger charge is 2.19. The summed E-state index contributed by atoms with van der Waals surface area (Å²) in [5.41, 5.74) is 10.2. The van der Waals surface area contributed by atoms with Crippen LogP contribution in [-0.4, -0.2) is 19.5 Å². The van der Waals surface area contributed by atoms with Crippen LogP contribution in [0.2, 0.25) is 0 Å². The number of furan rings is 1. The lowest BCUT2D eigenvalue weighted by molar-refractivity contribution is 0.669. The SMILES string of the molecule is c1ccc(-c2ccc3c(c2)oc2ccc(-c4nc(-c5ccccc5)nc(-n5c6ccccc6c6cc(-c7ccccc7)ccc65)n4)cc23)cc1. The average Bonchev–Trinajstić information content (AvgIpc) is 3.73. The second-order valence-corrected chi connectivity index (χ2v) is 12.5. The minimum Gasteiger partial charge on any atom is -0.456 e. The lowest BCUT2D eigenvalue weighted by atomic mass is 10.0. The lowest BCUT2D eigenvalue weighted by Crippen LogP contribution is -2.06. The normalized spacial score (nSPS) is 11.6. The predicted molar refractivity (Wildman–Crippen MR) is 203 cm³/mol. The van der Waals surface area contributed by atoms with E-state index in [9.17, 15) is 0 Å². The monoisotopic (exact) mass is 640 g/mol. The second-order valence-electron chi connectivity index (χ2n) is 12.5. The summed E-state index contributed by atoms with van der Waals surface area (Å²) in [4.78, 5) is 15.4. The Morgan fingerprint density at radius 3 is 1.64 bits per heavy atom. The molecule has 5 heteroatoms. The van der Waals surface area contributed by atoms with Crippen molar-refractivity contribution in [3.8, 4) is 51.0 Å². The van der Waals surface area contributed by atoms with Crippen molar-refractivity contribution in [1.82, 2.24) is 19.5 Å². The number of hydrogen-bond acceptors (Lipinski definition) is 4. The van der Waals surface area contributed by atoms with Gasteiger partial charge in [0.1, 0.15) is 11.2 Å². The number of aromatic nitrogens is 4. The fourth-order valence-corrected chi connectivity index (χ4v) is 7.04. The molecule has 0 unspecified atom stereocenters. The van der Waals surface area contributed by atoms with E-state index in [2.05, 4.69) is 120 Å². The number of para-hydroxylation sites is 1. The molecule has 3 heterocycles. The zero-order chi connectivity index (χ0) is 33.0. The molecule has 7 aromatic carbocycles. The number of nitrogens with zero attached hydrogens (tertiary/aromatic N) is 4. The summed E-state index contributed by atoms with van der Waals surface area (Å²) >= 11 is 0. The third-order valence-corrected chi connectivity index (χ3v) is 9.47. The summed E-state index contributed by atoms with van der Waals surface area (Å²) in [5.74, 6) is 1.78. The van der Waals surface area contributed by atoms with Gasteiger partial charge in [0.25, 0.3) is 0 Å². The van der Waals surface area contributed by atoms with Gasteiger partial charge in [-0.1, -0.05) is 121 Å². The third kappa shape index (κ3) is 4.67. The lowest BCUT2D eigenvalue weighted by Gasteiger charge is -2.11. The highest BCUT2D eigenvalue weighted by molar-refractivity contribution is 6.10.